The maximum absolute atomic E-state index is 12.3. The second-order valence-corrected chi connectivity index (χ2v) is 6.28. The Hall–Kier alpha value is -4.20. The first-order chi connectivity index (χ1) is 14.4. The summed E-state index contributed by atoms with van der Waals surface area (Å²) in [5.41, 5.74) is 0.254. The van der Waals surface area contributed by atoms with Crippen LogP contribution < -0.4 is 10.1 Å². The number of nitro groups is 1. The fourth-order valence-electron chi connectivity index (χ4n) is 2.50. The largest absolute Gasteiger partial charge is 0.457 e. The lowest BCUT2D eigenvalue weighted by molar-refractivity contribution is -0.384. The van der Waals surface area contributed by atoms with Crippen LogP contribution in [-0.4, -0.2) is 22.9 Å². The van der Waals surface area contributed by atoms with Gasteiger partial charge in [-0.05, 0) is 49.4 Å². The van der Waals surface area contributed by atoms with E-state index in [0.29, 0.717) is 17.2 Å². The van der Waals surface area contributed by atoms with Crippen molar-refractivity contribution in [2.24, 2.45) is 0 Å². The quantitative estimate of drug-likeness (QED) is 0.350. The van der Waals surface area contributed by atoms with Crippen molar-refractivity contribution in [2.75, 3.05) is 5.32 Å². The van der Waals surface area contributed by atoms with E-state index < -0.39 is 22.9 Å². The summed E-state index contributed by atoms with van der Waals surface area (Å²) in [4.78, 5) is 34.7. The highest BCUT2D eigenvalue weighted by Crippen LogP contribution is 2.23. The standard InChI is InChI=1S/C22H18N2O6/c1-15(29-22(26)16-6-5-7-18(14-16)24(27)28)21(25)23-17-10-12-20(13-11-17)30-19-8-3-2-4-9-19/h2-15H,1H3,(H,23,25)/t15-/m1/s1. The lowest BCUT2D eigenvalue weighted by Crippen LogP contribution is -2.30. The van der Waals surface area contributed by atoms with Crippen LogP contribution in [0.15, 0.2) is 78.9 Å². The third-order valence-electron chi connectivity index (χ3n) is 4.05. The highest BCUT2D eigenvalue weighted by atomic mass is 16.6. The Morgan fingerprint density at radius 3 is 2.27 bits per heavy atom. The van der Waals surface area contributed by atoms with Crippen molar-refractivity contribution in [2.45, 2.75) is 13.0 Å². The molecule has 0 heterocycles. The number of nitrogens with zero attached hydrogens (tertiary/aromatic N) is 1. The van der Waals surface area contributed by atoms with Crippen molar-refractivity contribution in [1.29, 1.82) is 0 Å². The predicted molar refractivity (Wildman–Crippen MR) is 110 cm³/mol. The van der Waals surface area contributed by atoms with Crippen LogP contribution in [0.3, 0.4) is 0 Å². The monoisotopic (exact) mass is 406 g/mol. The van der Waals surface area contributed by atoms with Crippen molar-refractivity contribution < 1.29 is 24.0 Å². The summed E-state index contributed by atoms with van der Waals surface area (Å²) in [6.07, 6.45) is -1.10. The van der Waals surface area contributed by atoms with E-state index in [4.69, 9.17) is 9.47 Å². The van der Waals surface area contributed by atoms with Crippen LogP contribution in [0.5, 0.6) is 11.5 Å². The van der Waals surface area contributed by atoms with Crippen molar-refractivity contribution in [3.05, 3.63) is 94.5 Å². The summed E-state index contributed by atoms with van der Waals surface area (Å²) in [6.45, 7) is 1.41. The molecule has 0 fully saturated rings. The van der Waals surface area contributed by atoms with Crippen LogP contribution in [0.4, 0.5) is 11.4 Å². The highest BCUT2D eigenvalue weighted by Gasteiger charge is 2.20. The lowest BCUT2D eigenvalue weighted by atomic mass is 10.2. The molecule has 3 rings (SSSR count). The third kappa shape index (κ3) is 5.41. The van der Waals surface area contributed by atoms with Crippen LogP contribution in [0, 0.1) is 10.1 Å². The summed E-state index contributed by atoms with van der Waals surface area (Å²) in [7, 11) is 0. The molecule has 0 unspecified atom stereocenters. The number of carbonyl (C=O) groups excluding carboxylic acids is 2. The molecule has 0 aliphatic heterocycles. The Balaban J connectivity index is 1.56. The van der Waals surface area contributed by atoms with Crippen LogP contribution in [0.25, 0.3) is 0 Å². The third-order valence-corrected chi connectivity index (χ3v) is 4.05. The number of hydrogen-bond acceptors (Lipinski definition) is 6. The van der Waals surface area contributed by atoms with E-state index in [2.05, 4.69) is 5.32 Å². The molecule has 1 N–H and O–H groups in total. The van der Waals surface area contributed by atoms with Gasteiger partial charge in [0.25, 0.3) is 11.6 Å². The number of anilines is 1. The number of esters is 1. The van der Waals surface area contributed by atoms with Gasteiger partial charge >= 0.3 is 5.97 Å². The van der Waals surface area contributed by atoms with Crippen molar-refractivity contribution in [3.63, 3.8) is 0 Å². The first kappa shape index (κ1) is 20.5. The zero-order valence-corrected chi connectivity index (χ0v) is 16.0. The second kappa shape index (κ2) is 9.33. The fourth-order valence-corrected chi connectivity index (χ4v) is 2.50. The fraction of sp³-hybridized carbons (Fsp3) is 0.0909. The van der Waals surface area contributed by atoms with Gasteiger partial charge in [0.1, 0.15) is 11.5 Å². The number of nitrogens with one attached hydrogen (secondary N) is 1. The van der Waals surface area contributed by atoms with Crippen LogP contribution in [0.2, 0.25) is 0 Å². The van der Waals surface area contributed by atoms with Crippen molar-refractivity contribution in [1.82, 2.24) is 0 Å². The van der Waals surface area contributed by atoms with Gasteiger partial charge in [-0.3, -0.25) is 14.9 Å². The molecule has 3 aromatic rings. The highest BCUT2D eigenvalue weighted by molar-refractivity contribution is 5.97. The van der Waals surface area contributed by atoms with Gasteiger partial charge in [-0.25, -0.2) is 4.79 Å². The Morgan fingerprint density at radius 1 is 0.933 bits per heavy atom. The van der Waals surface area contributed by atoms with Gasteiger partial charge in [0, 0.05) is 17.8 Å². The molecule has 0 saturated carbocycles. The molecule has 8 heteroatoms. The van der Waals surface area contributed by atoms with E-state index in [1.165, 1.54) is 25.1 Å². The molecule has 1 atom stereocenters. The van der Waals surface area contributed by atoms with E-state index in [0.717, 1.165) is 6.07 Å². The van der Waals surface area contributed by atoms with Gasteiger partial charge in [0.05, 0.1) is 10.5 Å². The summed E-state index contributed by atoms with van der Waals surface area (Å²) in [6, 6.07) is 21.1. The van der Waals surface area contributed by atoms with Gasteiger partial charge in [-0.15, -0.1) is 0 Å². The molecular formula is C22H18N2O6. The summed E-state index contributed by atoms with van der Waals surface area (Å²) in [5, 5.41) is 13.5. The zero-order valence-electron chi connectivity index (χ0n) is 16.0. The number of ether oxygens (including phenoxy) is 2. The summed E-state index contributed by atoms with van der Waals surface area (Å²) in [5.74, 6) is -0.0706. The Kier molecular flexibility index (Phi) is 6.39. The number of carbonyl (C=O) groups is 2. The molecule has 0 aliphatic carbocycles. The van der Waals surface area contributed by atoms with E-state index >= 15 is 0 Å². The average molecular weight is 406 g/mol. The van der Waals surface area contributed by atoms with Crippen LogP contribution in [-0.2, 0) is 9.53 Å². The van der Waals surface area contributed by atoms with Gasteiger partial charge < -0.3 is 14.8 Å². The minimum atomic E-state index is -1.10. The van der Waals surface area contributed by atoms with E-state index in [1.54, 1.807) is 24.3 Å². The number of non-ortho nitro benzene ring substituents is 1. The second-order valence-electron chi connectivity index (χ2n) is 6.28. The van der Waals surface area contributed by atoms with Gasteiger partial charge in [0.2, 0.25) is 0 Å². The number of para-hydroxylation sites is 1. The molecule has 0 spiro atoms. The molecule has 0 aliphatic rings. The lowest BCUT2D eigenvalue weighted by Gasteiger charge is -2.14. The Morgan fingerprint density at radius 2 is 1.60 bits per heavy atom. The number of rotatable bonds is 7. The molecule has 0 bridgehead atoms. The van der Waals surface area contributed by atoms with Crippen molar-refractivity contribution in [3.8, 4) is 11.5 Å². The molecule has 3 aromatic carbocycles. The van der Waals surface area contributed by atoms with Crippen LogP contribution in [0.1, 0.15) is 17.3 Å². The molecular weight excluding hydrogens is 388 g/mol. The molecule has 0 saturated heterocycles. The van der Waals surface area contributed by atoms with Crippen LogP contribution >= 0.6 is 0 Å². The zero-order chi connectivity index (χ0) is 21.5. The molecule has 0 aromatic heterocycles. The topological polar surface area (TPSA) is 108 Å². The number of hydrogen-bond donors (Lipinski definition) is 1. The molecule has 1 amide bonds. The number of nitro benzene ring substituents is 1. The summed E-state index contributed by atoms with van der Waals surface area (Å²) >= 11 is 0. The van der Waals surface area contributed by atoms with E-state index in [-0.39, 0.29) is 11.3 Å². The van der Waals surface area contributed by atoms with Gasteiger partial charge in [0.15, 0.2) is 6.10 Å². The molecule has 152 valence electrons. The Bertz CT molecular complexity index is 1050. The summed E-state index contributed by atoms with van der Waals surface area (Å²) < 4.78 is 10.8. The first-order valence-corrected chi connectivity index (χ1v) is 9.01. The Labute approximate surface area is 172 Å². The number of amides is 1. The number of benzene rings is 3. The molecule has 8 nitrogen and oxygen atoms in total. The van der Waals surface area contributed by atoms with Gasteiger partial charge in [-0.2, -0.15) is 0 Å². The minimum Gasteiger partial charge on any atom is -0.457 e. The van der Waals surface area contributed by atoms with Gasteiger partial charge in [-0.1, -0.05) is 24.3 Å². The molecule has 30 heavy (non-hydrogen) atoms. The predicted octanol–water partition coefficient (Wildman–Crippen LogP) is 4.57. The first-order valence-electron chi connectivity index (χ1n) is 9.01. The minimum absolute atomic E-state index is 0.00809. The van der Waals surface area contributed by atoms with E-state index in [1.807, 2.05) is 30.3 Å². The average Bonchev–Trinajstić information content (AvgIpc) is 2.75. The maximum Gasteiger partial charge on any atom is 0.339 e. The SMILES string of the molecule is C[C@@H](OC(=O)c1cccc([N+](=O)[O-])c1)C(=O)Nc1ccc(Oc2ccccc2)cc1. The molecule has 0 radical (unpaired) electrons. The smallest absolute Gasteiger partial charge is 0.339 e. The van der Waals surface area contributed by atoms with E-state index in [9.17, 15) is 19.7 Å². The normalized spacial score (nSPS) is 11.2. The maximum atomic E-state index is 12.3. The van der Waals surface area contributed by atoms with Crippen molar-refractivity contribution >= 4 is 23.3 Å².